The molecule has 0 aliphatic heterocycles. The third kappa shape index (κ3) is 8.04. The van der Waals surface area contributed by atoms with Crippen molar-refractivity contribution in [1.29, 1.82) is 0 Å². The van der Waals surface area contributed by atoms with Crippen molar-refractivity contribution in [2.45, 2.75) is 60.0 Å². The molecule has 5 heterocycles. The molecule has 0 aliphatic carbocycles. The minimum absolute atomic E-state index is 0.0166. The average Bonchev–Trinajstić information content (AvgIpc) is 3.92. The first-order valence-electron chi connectivity index (χ1n) is 17.1. The van der Waals surface area contributed by atoms with E-state index >= 15 is 0 Å². The normalized spacial score (nSPS) is 12.0. The van der Waals surface area contributed by atoms with E-state index in [9.17, 15) is 24.3 Å². The monoisotopic (exact) mass is 771 g/mol. The lowest BCUT2D eigenvalue weighted by Gasteiger charge is -2.12. The summed E-state index contributed by atoms with van der Waals surface area (Å²) in [5.41, 5.74) is 13.1. The number of imidazole rings is 1. The molecule has 6 rings (SSSR count). The number of anilines is 1. The second-order valence-corrected chi connectivity index (χ2v) is 12.9. The largest absolute Gasteiger partial charge is 0.491 e. The van der Waals surface area contributed by atoms with Gasteiger partial charge in [-0.25, -0.2) is 24.9 Å². The first-order valence-corrected chi connectivity index (χ1v) is 18.0. The van der Waals surface area contributed by atoms with Gasteiger partial charge >= 0.3 is 5.91 Å². The van der Waals surface area contributed by atoms with Gasteiger partial charge in [-0.2, -0.15) is 4.99 Å². The summed E-state index contributed by atoms with van der Waals surface area (Å²) in [5.74, 6) is -1.67. The molecule has 286 valence electrons. The highest BCUT2D eigenvalue weighted by atomic mass is 32.1. The minimum Gasteiger partial charge on any atom is -0.491 e. The molecule has 6 aromatic rings. The maximum Gasteiger partial charge on any atom is 0.317 e. The third-order valence-corrected chi connectivity index (χ3v) is 9.11. The fourth-order valence-corrected chi connectivity index (χ4v) is 6.61. The van der Waals surface area contributed by atoms with Crippen molar-refractivity contribution in [2.75, 3.05) is 18.5 Å². The predicted octanol–water partition coefficient (Wildman–Crippen LogP) is 2.77. The van der Waals surface area contributed by atoms with Crippen LogP contribution in [0.3, 0.4) is 0 Å². The standard InChI is InChI=1S/C35H37N11O8S/c1-5-20-26(53-17(3)39-20)31(50)43-34-42-22-14-19(28(36)48)15-24(52-13-9-12-47)25(22)45(34)10-7-8-11-46-30-33(41-23(16-38-30)29(37)49)55-35(46)44-32(51)27-21(6-2)40-18(4)54-27/h7-8,14-16,47H,5-6,9-13H2,1-4H3,(H2,36,48)(H2,37,49)(H,42,43,50)/b8-7+,44-35?. The zero-order valence-electron chi connectivity index (χ0n) is 30.3. The van der Waals surface area contributed by atoms with E-state index < -0.39 is 23.6 Å². The van der Waals surface area contributed by atoms with E-state index in [-0.39, 0.29) is 65.6 Å². The molecule has 0 saturated heterocycles. The number of aliphatic hydroxyl groups excluding tert-OH is 1. The Labute approximate surface area is 315 Å². The van der Waals surface area contributed by atoms with Crippen molar-refractivity contribution >= 4 is 62.4 Å². The molecule has 0 atom stereocenters. The number of hydrogen-bond donors (Lipinski definition) is 4. The summed E-state index contributed by atoms with van der Waals surface area (Å²) in [5, 5.41) is 12.2. The van der Waals surface area contributed by atoms with Crippen LogP contribution in [0.15, 0.2) is 44.3 Å². The van der Waals surface area contributed by atoms with Crippen LogP contribution in [0.2, 0.25) is 0 Å². The van der Waals surface area contributed by atoms with Gasteiger partial charge in [0.2, 0.25) is 23.4 Å². The van der Waals surface area contributed by atoms with Crippen LogP contribution in [-0.4, -0.2) is 76.0 Å². The van der Waals surface area contributed by atoms with Crippen LogP contribution in [0.25, 0.3) is 21.5 Å². The number of aromatic nitrogens is 7. The summed E-state index contributed by atoms with van der Waals surface area (Å²) in [4.78, 5) is 77.7. The molecule has 6 N–H and O–H groups in total. The number of nitrogens with two attached hydrogens (primary N) is 2. The van der Waals surface area contributed by atoms with Crippen molar-refractivity contribution in [3.8, 4) is 5.75 Å². The quantitative estimate of drug-likeness (QED) is 0.0865. The van der Waals surface area contributed by atoms with E-state index in [1.165, 1.54) is 18.3 Å². The molecule has 0 unspecified atom stereocenters. The second kappa shape index (κ2) is 16.2. The molecule has 0 aliphatic rings. The number of carbonyl (C=O) groups excluding carboxylic acids is 4. The van der Waals surface area contributed by atoms with Gasteiger partial charge in [0, 0.05) is 45.5 Å². The van der Waals surface area contributed by atoms with Gasteiger partial charge in [0.05, 0.1) is 29.7 Å². The summed E-state index contributed by atoms with van der Waals surface area (Å²) in [6.45, 7) is 7.20. The van der Waals surface area contributed by atoms with E-state index in [1.807, 2.05) is 13.8 Å². The van der Waals surface area contributed by atoms with E-state index in [0.29, 0.717) is 63.9 Å². The van der Waals surface area contributed by atoms with Gasteiger partial charge in [-0.3, -0.25) is 29.1 Å². The lowest BCUT2D eigenvalue weighted by atomic mass is 10.1. The third-order valence-electron chi connectivity index (χ3n) is 8.14. The van der Waals surface area contributed by atoms with Crippen LogP contribution in [-0.2, 0) is 25.9 Å². The maximum absolute atomic E-state index is 13.5. The van der Waals surface area contributed by atoms with Crippen LogP contribution in [0.4, 0.5) is 5.95 Å². The number of fused-ring (bicyclic) bond motifs is 2. The number of nitrogens with one attached hydrogen (secondary N) is 1. The summed E-state index contributed by atoms with van der Waals surface area (Å²) < 4.78 is 20.4. The number of aliphatic hydroxyl groups is 1. The smallest absolute Gasteiger partial charge is 0.317 e. The highest BCUT2D eigenvalue weighted by molar-refractivity contribution is 7.15. The van der Waals surface area contributed by atoms with Gasteiger partial charge in [0.1, 0.15) is 17.0 Å². The first kappa shape index (κ1) is 38.2. The molecule has 4 amide bonds. The number of ether oxygens (including phenoxy) is 1. The highest BCUT2D eigenvalue weighted by Crippen LogP contribution is 2.32. The topological polar surface area (TPSA) is 275 Å². The molecular formula is C35H37N11O8S. The molecule has 20 heteroatoms. The molecule has 0 radical (unpaired) electrons. The fourth-order valence-electron chi connectivity index (χ4n) is 5.64. The minimum atomic E-state index is -0.768. The second-order valence-electron chi connectivity index (χ2n) is 12.0. The van der Waals surface area contributed by atoms with Crippen LogP contribution in [0.1, 0.15) is 85.4 Å². The summed E-state index contributed by atoms with van der Waals surface area (Å²) in [6, 6.07) is 2.96. The number of aryl methyl sites for hydroxylation is 4. The van der Waals surface area contributed by atoms with Crippen molar-refractivity contribution in [3.63, 3.8) is 0 Å². The van der Waals surface area contributed by atoms with Crippen LogP contribution in [0.5, 0.6) is 5.75 Å². The van der Waals surface area contributed by atoms with Gasteiger partial charge in [0.15, 0.2) is 27.1 Å². The van der Waals surface area contributed by atoms with Gasteiger partial charge in [-0.05, 0) is 25.0 Å². The average molecular weight is 772 g/mol. The number of primary amides is 2. The lowest BCUT2D eigenvalue weighted by Crippen LogP contribution is -2.18. The van der Waals surface area contributed by atoms with Crippen molar-refractivity contribution in [3.05, 3.63) is 81.2 Å². The Morgan fingerprint density at radius 1 is 0.945 bits per heavy atom. The van der Waals surface area contributed by atoms with Crippen LogP contribution >= 0.6 is 11.3 Å². The highest BCUT2D eigenvalue weighted by Gasteiger charge is 2.24. The fraction of sp³-hybridized carbons (Fsp3) is 0.314. The number of hydrogen-bond acceptors (Lipinski definition) is 14. The maximum atomic E-state index is 13.5. The Morgan fingerprint density at radius 3 is 2.27 bits per heavy atom. The number of allylic oxidation sites excluding steroid dienone is 2. The van der Waals surface area contributed by atoms with Crippen molar-refractivity contribution in [2.24, 2.45) is 16.5 Å². The molecular weight excluding hydrogens is 735 g/mol. The number of carbonyl (C=O) groups is 4. The number of oxazole rings is 2. The number of thiazole rings is 1. The molecule has 19 nitrogen and oxygen atoms in total. The van der Waals surface area contributed by atoms with Gasteiger partial charge in [-0.15, -0.1) is 0 Å². The van der Waals surface area contributed by atoms with Crippen molar-refractivity contribution in [1.82, 2.24) is 34.1 Å². The van der Waals surface area contributed by atoms with E-state index in [2.05, 4.69) is 35.2 Å². The summed E-state index contributed by atoms with van der Waals surface area (Å²) >= 11 is 1.03. The summed E-state index contributed by atoms with van der Waals surface area (Å²) in [7, 11) is 0. The Morgan fingerprint density at radius 2 is 1.62 bits per heavy atom. The lowest BCUT2D eigenvalue weighted by molar-refractivity contribution is 0.0965. The molecule has 0 bridgehead atoms. The van der Waals surface area contributed by atoms with Crippen molar-refractivity contribution < 1.29 is 37.9 Å². The SMILES string of the molecule is CCc1nc(C)oc1C(=O)N=c1sc2nc(C(N)=O)cnc2n1C/C=C/Cn1c(NC(=O)c2oc(C)nc2CC)nc2cc(C(N)=O)cc(OCCCO)c21. The number of nitrogens with zero attached hydrogens (tertiary/aromatic N) is 8. The Bertz CT molecular complexity index is 2560. The van der Waals surface area contributed by atoms with Gasteiger partial charge in [-0.1, -0.05) is 37.3 Å². The summed E-state index contributed by atoms with van der Waals surface area (Å²) in [6.07, 6.45) is 6.00. The predicted molar refractivity (Wildman–Crippen MR) is 198 cm³/mol. The molecule has 55 heavy (non-hydrogen) atoms. The van der Waals surface area contributed by atoms with Crippen LogP contribution < -0.4 is 26.3 Å². The molecule has 0 saturated carbocycles. The van der Waals surface area contributed by atoms with Gasteiger partial charge < -0.3 is 34.7 Å². The number of amides is 4. The Balaban J connectivity index is 1.41. The van der Waals surface area contributed by atoms with Crippen LogP contribution in [0, 0.1) is 13.8 Å². The van der Waals surface area contributed by atoms with E-state index in [0.717, 1.165) is 11.3 Å². The molecule has 1 aromatic carbocycles. The molecule has 0 fully saturated rings. The Hall–Kier alpha value is -6.54. The zero-order chi connectivity index (χ0) is 39.4. The van der Waals surface area contributed by atoms with Gasteiger partial charge in [0.25, 0.3) is 11.8 Å². The molecule has 0 spiro atoms. The van der Waals surface area contributed by atoms with E-state index in [1.54, 1.807) is 35.1 Å². The first-order chi connectivity index (χ1) is 26.4. The Kier molecular flexibility index (Phi) is 11.3. The number of rotatable bonds is 15. The number of benzene rings is 1. The zero-order valence-corrected chi connectivity index (χ0v) is 31.1. The molecule has 5 aromatic heterocycles. The van der Waals surface area contributed by atoms with E-state index in [4.69, 9.17) is 25.0 Å².